The molecule has 0 saturated carbocycles. The molecule has 0 heterocycles. The highest BCUT2D eigenvalue weighted by molar-refractivity contribution is 8.10. The van der Waals surface area contributed by atoms with Crippen LogP contribution in [0.2, 0.25) is 0 Å². The van der Waals surface area contributed by atoms with Gasteiger partial charge in [-0.2, -0.15) is 13.2 Å². The van der Waals surface area contributed by atoms with Crippen molar-refractivity contribution < 1.29 is 26.5 Å². The Hall–Kier alpha value is -0.920. The first kappa shape index (κ1) is 12.2. The van der Waals surface area contributed by atoms with E-state index in [0.29, 0.717) is 0 Å². The number of halogens is 3. The third-order valence-electron chi connectivity index (χ3n) is 1.64. The fourth-order valence-corrected chi connectivity index (χ4v) is 2.53. The van der Waals surface area contributed by atoms with E-state index in [0.717, 1.165) is 12.1 Å². The SMILES string of the molecule is O=S(O)(O)(CC(F)(F)F)c1ccccc1. The summed E-state index contributed by atoms with van der Waals surface area (Å²) in [6.45, 7) is 0. The van der Waals surface area contributed by atoms with Gasteiger partial charge in [-0.1, -0.05) is 18.2 Å². The Bertz CT molecular complexity index is 407. The minimum absolute atomic E-state index is 0.633. The molecule has 86 valence electrons. The van der Waals surface area contributed by atoms with Gasteiger partial charge in [0.2, 0.25) is 0 Å². The second kappa shape index (κ2) is 3.29. The van der Waals surface area contributed by atoms with Crippen LogP contribution in [0.1, 0.15) is 0 Å². The molecule has 0 aliphatic rings. The predicted molar refractivity (Wildman–Crippen MR) is 49.0 cm³/mol. The van der Waals surface area contributed by atoms with Crippen molar-refractivity contribution in [3.8, 4) is 0 Å². The van der Waals surface area contributed by atoms with Crippen LogP contribution in [-0.4, -0.2) is 25.2 Å². The molecule has 0 amide bonds. The molecule has 0 aliphatic heterocycles. The van der Waals surface area contributed by atoms with Crippen molar-refractivity contribution in [2.75, 3.05) is 5.75 Å². The molecule has 7 heteroatoms. The first-order valence-electron chi connectivity index (χ1n) is 3.86. The largest absolute Gasteiger partial charge is 0.403 e. The third kappa shape index (κ3) is 3.29. The highest BCUT2D eigenvalue weighted by Gasteiger charge is 2.45. The molecule has 0 spiro atoms. The molecule has 0 unspecified atom stereocenters. The summed E-state index contributed by atoms with van der Waals surface area (Å²) in [5.74, 6) is -2.16. The van der Waals surface area contributed by atoms with Gasteiger partial charge in [-0.25, -0.2) is 4.21 Å². The standard InChI is InChI=1S/C8H9F3O3S/c9-8(10,11)6-15(12,13,14)7-4-2-1-3-5-7/h1-5H,6H2,(H2,12,13,14). The molecule has 15 heavy (non-hydrogen) atoms. The molecule has 0 aromatic heterocycles. The summed E-state index contributed by atoms with van der Waals surface area (Å²) in [5, 5.41) is 0. The van der Waals surface area contributed by atoms with Crippen molar-refractivity contribution >= 4 is 9.63 Å². The van der Waals surface area contributed by atoms with Crippen molar-refractivity contribution in [2.24, 2.45) is 0 Å². The van der Waals surface area contributed by atoms with Crippen LogP contribution in [0.5, 0.6) is 0 Å². The van der Waals surface area contributed by atoms with Gasteiger partial charge in [0.15, 0.2) is 0 Å². The number of hydrogen-bond donors (Lipinski definition) is 2. The Kier molecular flexibility index (Phi) is 2.67. The number of rotatable bonds is 2. The van der Waals surface area contributed by atoms with E-state index in [4.69, 9.17) is 0 Å². The van der Waals surface area contributed by atoms with Crippen LogP contribution in [0.3, 0.4) is 0 Å². The van der Waals surface area contributed by atoms with Gasteiger partial charge in [0.05, 0.1) is 4.90 Å². The van der Waals surface area contributed by atoms with E-state index in [9.17, 15) is 26.5 Å². The Morgan fingerprint density at radius 3 is 2.00 bits per heavy atom. The molecule has 1 rings (SSSR count). The van der Waals surface area contributed by atoms with Crippen molar-refractivity contribution in [3.63, 3.8) is 0 Å². The molecule has 0 atom stereocenters. The molecule has 3 nitrogen and oxygen atoms in total. The van der Waals surface area contributed by atoms with Crippen LogP contribution >= 0.6 is 0 Å². The fraction of sp³-hybridized carbons (Fsp3) is 0.250. The Balaban J connectivity index is 3.16. The van der Waals surface area contributed by atoms with Gasteiger partial charge in [-0.15, -0.1) is 0 Å². The number of benzene rings is 1. The lowest BCUT2D eigenvalue weighted by Crippen LogP contribution is -2.42. The zero-order valence-corrected chi connectivity index (χ0v) is 8.26. The molecule has 0 fully saturated rings. The Labute approximate surface area is 84.0 Å². The minimum atomic E-state index is -5.80. The quantitative estimate of drug-likeness (QED) is 0.837. The van der Waals surface area contributed by atoms with Gasteiger partial charge in [0, 0.05) is 0 Å². The van der Waals surface area contributed by atoms with Gasteiger partial charge >= 0.3 is 6.18 Å². The smallest absolute Gasteiger partial charge is 0.304 e. The van der Waals surface area contributed by atoms with E-state index in [2.05, 4.69) is 0 Å². The van der Waals surface area contributed by atoms with E-state index >= 15 is 0 Å². The lowest BCUT2D eigenvalue weighted by Gasteiger charge is -2.31. The van der Waals surface area contributed by atoms with Crippen molar-refractivity contribution in [1.29, 1.82) is 0 Å². The van der Waals surface area contributed by atoms with E-state index in [1.165, 1.54) is 18.2 Å². The van der Waals surface area contributed by atoms with Crippen molar-refractivity contribution in [3.05, 3.63) is 30.3 Å². The molecule has 2 N–H and O–H groups in total. The van der Waals surface area contributed by atoms with Gasteiger partial charge in [0.1, 0.15) is 15.4 Å². The van der Waals surface area contributed by atoms with E-state index in [-0.39, 0.29) is 0 Å². The first-order chi connectivity index (χ1) is 6.59. The second-order valence-corrected chi connectivity index (χ2v) is 5.88. The van der Waals surface area contributed by atoms with Crippen LogP contribution in [0.15, 0.2) is 35.2 Å². The summed E-state index contributed by atoms with van der Waals surface area (Å²) in [5.41, 5.74) is 0. The lowest BCUT2D eigenvalue weighted by molar-refractivity contribution is -0.108. The predicted octanol–water partition coefficient (Wildman–Crippen LogP) is 2.37. The molecule has 0 radical (unpaired) electrons. The molecule has 1 aromatic carbocycles. The van der Waals surface area contributed by atoms with Gasteiger partial charge in [0.25, 0.3) is 0 Å². The van der Waals surface area contributed by atoms with E-state index in [1.54, 1.807) is 0 Å². The maximum absolute atomic E-state index is 12.0. The van der Waals surface area contributed by atoms with Gasteiger partial charge < -0.3 is 9.11 Å². The highest BCUT2D eigenvalue weighted by Crippen LogP contribution is 2.34. The van der Waals surface area contributed by atoms with Crippen molar-refractivity contribution in [2.45, 2.75) is 11.1 Å². The monoisotopic (exact) mass is 242 g/mol. The summed E-state index contributed by atoms with van der Waals surface area (Å²) in [6, 6.07) is 5.94. The Morgan fingerprint density at radius 2 is 1.60 bits per heavy atom. The summed E-state index contributed by atoms with van der Waals surface area (Å²) >= 11 is 0. The average Bonchev–Trinajstić information content (AvgIpc) is 2.00. The maximum Gasteiger partial charge on any atom is 0.403 e. The van der Waals surface area contributed by atoms with E-state index < -0.39 is 26.5 Å². The van der Waals surface area contributed by atoms with E-state index in [1.807, 2.05) is 0 Å². The molecule has 0 aliphatic carbocycles. The van der Waals surface area contributed by atoms with Crippen LogP contribution in [-0.2, 0) is 9.63 Å². The summed E-state index contributed by atoms with van der Waals surface area (Å²) in [7, 11) is -5.80. The number of alkyl halides is 3. The Morgan fingerprint density at radius 1 is 1.13 bits per heavy atom. The van der Waals surface area contributed by atoms with Crippen LogP contribution in [0.4, 0.5) is 13.2 Å². The first-order valence-corrected chi connectivity index (χ1v) is 5.91. The second-order valence-electron chi connectivity index (χ2n) is 3.09. The summed E-state index contributed by atoms with van der Waals surface area (Å²) in [4.78, 5) is -0.633. The summed E-state index contributed by atoms with van der Waals surface area (Å²) in [6.07, 6.45) is -4.91. The molecule has 1 aromatic rings. The number of hydrogen-bond acceptors (Lipinski definition) is 1. The fourth-order valence-electron chi connectivity index (χ4n) is 1.07. The van der Waals surface area contributed by atoms with Crippen LogP contribution in [0.25, 0.3) is 0 Å². The van der Waals surface area contributed by atoms with Crippen LogP contribution < -0.4 is 0 Å². The normalized spacial score (nSPS) is 15.7. The topological polar surface area (TPSA) is 57.5 Å². The van der Waals surface area contributed by atoms with Gasteiger partial charge in [-0.3, -0.25) is 0 Å². The molecular weight excluding hydrogens is 233 g/mol. The lowest BCUT2D eigenvalue weighted by atomic mass is 10.4. The molecular formula is C8H9F3O3S. The average molecular weight is 242 g/mol. The van der Waals surface area contributed by atoms with Gasteiger partial charge in [-0.05, 0) is 12.1 Å². The van der Waals surface area contributed by atoms with Crippen LogP contribution in [0, 0.1) is 0 Å². The summed E-state index contributed by atoms with van der Waals surface area (Å²) < 4.78 is 65.7. The highest BCUT2D eigenvalue weighted by atomic mass is 32.3. The minimum Gasteiger partial charge on any atom is -0.304 e. The molecule has 0 saturated heterocycles. The zero-order valence-electron chi connectivity index (χ0n) is 7.44. The molecule has 0 bridgehead atoms. The zero-order chi connectivity index (χ0) is 11.8. The third-order valence-corrected chi connectivity index (χ3v) is 3.71. The maximum atomic E-state index is 12.0. The van der Waals surface area contributed by atoms with Crippen molar-refractivity contribution in [1.82, 2.24) is 0 Å².